The van der Waals surface area contributed by atoms with Crippen molar-refractivity contribution in [2.24, 2.45) is 0 Å². The summed E-state index contributed by atoms with van der Waals surface area (Å²) in [6.45, 7) is 3.30. The zero-order valence-corrected chi connectivity index (χ0v) is 13.9. The Balaban J connectivity index is 1.69. The van der Waals surface area contributed by atoms with Gasteiger partial charge >= 0.3 is 6.09 Å². The molecule has 0 radical (unpaired) electrons. The first kappa shape index (κ1) is 16.1. The molecule has 1 aliphatic heterocycles. The number of amides is 2. The fourth-order valence-electron chi connectivity index (χ4n) is 3.04. The van der Waals surface area contributed by atoms with E-state index < -0.39 is 0 Å². The summed E-state index contributed by atoms with van der Waals surface area (Å²) < 4.78 is 7.39. The van der Waals surface area contributed by atoms with Crippen molar-refractivity contribution in [2.75, 3.05) is 13.6 Å². The van der Waals surface area contributed by atoms with Crippen LogP contribution in [0.5, 0.6) is 0 Å². The van der Waals surface area contributed by atoms with Crippen molar-refractivity contribution in [3.8, 4) is 0 Å². The highest BCUT2D eigenvalue weighted by Gasteiger charge is 2.31. The molecule has 0 saturated carbocycles. The van der Waals surface area contributed by atoms with E-state index in [1.54, 1.807) is 18.0 Å². The maximum atomic E-state index is 12.4. The minimum Gasteiger partial charge on any atom is -0.445 e. The molecule has 3 rings (SSSR count). The Morgan fingerprint density at radius 3 is 2.62 bits per heavy atom. The van der Waals surface area contributed by atoms with Crippen molar-refractivity contribution < 1.29 is 14.3 Å². The lowest BCUT2D eigenvalue weighted by molar-refractivity contribution is 0.0732. The van der Waals surface area contributed by atoms with Gasteiger partial charge in [-0.3, -0.25) is 9.69 Å². The van der Waals surface area contributed by atoms with Crippen LogP contribution in [0, 0.1) is 0 Å². The normalized spacial score (nSPS) is 16.4. The topological polar surface area (TPSA) is 63.6 Å². The molecule has 0 saturated heterocycles. The van der Waals surface area contributed by atoms with Crippen LogP contribution in [0.4, 0.5) is 4.79 Å². The molecular formula is C18H21N3O3. The highest BCUT2D eigenvalue weighted by Crippen LogP contribution is 2.28. The van der Waals surface area contributed by atoms with Gasteiger partial charge in [-0.2, -0.15) is 0 Å². The molecule has 0 bridgehead atoms. The molecule has 126 valence electrons. The number of hydrogen-bond acceptors (Lipinski definition) is 3. The Bertz CT molecular complexity index is 739. The third-order valence-corrected chi connectivity index (χ3v) is 4.37. The molecule has 2 heterocycles. The third kappa shape index (κ3) is 2.99. The molecule has 1 atom stereocenters. The number of ether oxygens (including phenoxy) is 1. The van der Waals surface area contributed by atoms with Crippen LogP contribution in [0.3, 0.4) is 0 Å². The van der Waals surface area contributed by atoms with E-state index in [-0.39, 0.29) is 24.6 Å². The van der Waals surface area contributed by atoms with Gasteiger partial charge in [0.05, 0.1) is 6.04 Å². The summed E-state index contributed by atoms with van der Waals surface area (Å²) >= 11 is 0. The predicted octanol–water partition coefficient (Wildman–Crippen LogP) is 2.56. The molecule has 1 N–H and O–H groups in total. The molecule has 0 unspecified atom stereocenters. The lowest BCUT2D eigenvalue weighted by Crippen LogP contribution is -2.42. The van der Waals surface area contributed by atoms with Crippen LogP contribution < -0.4 is 5.32 Å². The van der Waals surface area contributed by atoms with E-state index in [1.165, 1.54) is 0 Å². The zero-order valence-electron chi connectivity index (χ0n) is 13.9. The minimum atomic E-state index is -0.333. The summed E-state index contributed by atoms with van der Waals surface area (Å²) in [4.78, 5) is 26.0. The number of nitrogens with one attached hydrogen (secondary N) is 1. The lowest BCUT2D eigenvalue weighted by Gasteiger charge is -2.34. The van der Waals surface area contributed by atoms with Gasteiger partial charge in [0, 0.05) is 25.8 Å². The molecule has 1 aliphatic rings. The number of carbonyl (C=O) groups excluding carboxylic acids is 2. The van der Waals surface area contributed by atoms with Gasteiger partial charge in [0.25, 0.3) is 5.91 Å². The van der Waals surface area contributed by atoms with Gasteiger partial charge in [-0.15, -0.1) is 0 Å². The van der Waals surface area contributed by atoms with E-state index in [2.05, 4.69) is 5.32 Å². The molecule has 2 aromatic rings. The number of carbonyl (C=O) groups is 2. The van der Waals surface area contributed by atoms with Gasteiger partial charge in [-0.05, 0) is 24.6 Å². The number of aromatic nitrogens is 1. The standard InChI is InChI=1S/C18H21N3O3/c1-13-15-8-9-16(17(22)19-2)21(15)11-10-20(13)18(23)24-12-14-6-4-3-5-7-14/h3-9,13H,10-12H2,1-2H3,(H,19,22)/t13-/m0/s1. The highest BCUT2D eigenvalue weighted by molar-refractivity contribution is 5.92. The van der Waals surface area contributed by atoms with Crippen LogP contribution in [0.15, 0.2) is 42.5 Å². The fraction of sp³-hybridized carbons (Fsp3) is 0.333. The summed E-state index contributed by atoms with van der Waals surface area (Å²) in [5.41, 5.74) is 2.52. The van der Waals surface area contributed by atoms with Gasteiger partial charge in [-0.25, -0.2) is 4.79 Å². The molecule has 0 fully saturated rings. The molecule has 0 spiro atoms. The molecule has 24 heavy (non-hydrogen) atoms. The number of fused-ring (bicyclic) bond motifs is 1. The van der Waals surface area contributed by atoms with E-state index >= 15 is 0 Å². The Morgan fingerprint density at radius 1 is 1.17 bits per heavy atom. The van der Waals surface area contributed by atoms with Crippen molar-refractivity contribution in [1.82, 2.24) is 14.8 Å². The maximum absolute atomic E-state index is 12.4. The van der Waals surface area contributed by atoms with Crippen molar-refractivity contribution in [3.63, 3.8) is 0 Å². The monoisotopic (exact) mass is 327 g/mol. The van der Waals surface area contributed by atoms with E-state index in [1.807, 2.05) is 47.9 Å². The smallest absolute Gasteiger partial charge is 0.410 e. The zero-order chi connectivity index (χ0) is 17.1. The second-order valence-electron chi connectivity index (χ2n) is 5.78. The minimum absolute atomic E-state index is 0.117. The molecule has 6 nitrogen and oxygen atoms in total. The largest absolute Gasteiger partial charge is 0.445 e. The Hall–Kier alpha value is -2.76. The van der Waals surface area contributed by atoms with Crippen LogP contribution in [0.25, 0.3) is 0 Å². The summed E-state index contributed by atoms with van der Waals surface area (Å²) in [6, 6.07) is 13.2. The number of rotatable bonds is 3. The second-order valence-corrected chi connectivity index (χ2v) is 5.78. The summed E-state index contributed by atoms with van der Waals surface area (Å²) in [6.07, 6.45) is -0.333. The van der Waals surface area contributed by atoms with E-state index in [4.69, 9.17) is 4.74 Å². The van der Waals surface area contributed by atoms with Crippen LogP contribution >= 0.6 is 0 Å². The average Bonchev–Trinajstić information content (AvgIpc) is 3.05. The molecular weight excluding hydrogens is 306 g/mol. The predicted molar refractivity (Wildman–Crippen MR) is 89.6 cm³/mol. The highest BCUT2D eigenvalue weighted by atomic mass is 16.6. The van der Waals surface area contributed by atoms with Gasteiger partial charge in [-0.1, -0.05) is 30.3 Å². The molecule has 1 aromatic heterocycles. The first-order chi connectivity index (χ1) is 11.6. The van der Waals surface area contributed by atoms with E-state index in [9.17, 15) is 9.59 Å². The lowest BCUT2D eigenvalue weighted by atomic mass is 10.1. The van der Waals surface area contributed by atoms with Crippen molar-refractivity contribution in [2.45, 2.75) is 26.1 Å². The Kier molecular flexibility index (Phi) is 4.55. The van der Waals surface area contributed by atoms with Crippen molar-refractivity contribution >= 4 is 12.0 Å². The van der Waals surface area contributed by atoms with Crippen LogP contribution in [0.1, 0.15) is 34.7 Å². The first-order valence-electron chi connectivity index (χ1n) is 8.00. The quantitative estimate of drug-likeness (QED) is 0.942. The van der Waals surface area contributed by atoms with Gasteiger partial charge in [0.15, 0.2) is 0 Å². The fourth-order valence-corrected chi connectivity index (χ4v) is 3.04. The number of benzene rings is 1. The van der Waals surface area contributed by atoms with Gasteiger partial charge in [0.1, 0.15) is 12.3 Å². The second kappa shape index (κ2) is 6.78. The Morgan fingerprint density at radius 2 is 1.92 bits per heavy atom. The van der Waals surface area contributed by atoms with Crippen LogP contribution in [-0.2, 0) is 17.9 Å². The first-order valence-corrected chi connectivity index (χ1v) is 8.00. The van der Waals surface area contributed by atoms with E-state index in [0.29, 0.717) is 18.8 Å². The molecule has 2 amide bonds. The van der Waals surface area contributed by atoms with Crippen molar-refractivity contribution in [3.05, 3.63) is 59.4 Å². The van der Waals surface area contributed by atoms with Crippen LogP contribution in [-0.4, -0.2) is 35.1 Å². The van der Waals surface area contributed by atoms with Crippen LogP contribution in [0.2, 0.25) is 0 Å². The van der Waals surface area contributed by atoms with Crippen molar-refractivity contribution in [1.29, 1.82) is 0 Å². The van der Waals surface area contributed by atoms with E-state index in [0.717, 1.165) is 11.3 Å². The number of nitrogens with zero attached hydrogens (tertiary/aromatic N) is 2. The summed E-state index contributed by atoms with van der Waals surface area (Å²) in [7, 11) is 1.61. The third-order valence-electron chi connectivity index (χ3n) is 4.37. The maximum Gasteiger partial charge on any atom is 0.410 e. The van der Waals surface area contributed by atoms with Gasteiger partial charge in [0.2, 0.25) is 0 Å². The molecule has 0 aliphatic carbocycles. The SMILES string of the molecule is CNC(=O)c1ccc2n1CCN(C(=O)OCc1ccccc1)[C@H]2C. The Labute approximate surface area is 141 Å². The number of hydrogen-bond donors (Lipinski definition) is 1. The van der Waals surface area contributed by atoms with Gasteiger partial charge < -0.3 is 14.6 Å². The summed E-state index contributed by atoms with van der Waals surface area (Å²) in [5, 5.41) is 2.64. The average molecular weight is 327 g/mol. The summed E-state index contributed by atoms with van der Waals surface area (Å²) in [5.74, 6) is -0.117. The molecule has 6 heteroatoms. The molecule has 1 aromatic carbocycles.